The third-order valence-corrected chi connectivity index (χ3v) is 5.96. The van der Waals surface area contributed by atoms with Crippen LogP contribution in [0.1, 0.15) is 18.9 Å². The van der Waals surface area contributed by atoms with E-state index in [0.717, 1.165) is 47.7 Å². The minimum atomic E-state index is -0.378. The second-order valence-electron chi connectivity index (χ2n) is 7.15. The summed E-state index contributed by atoms with van der Waals surface area (Å²) in [7, 11) is 0. The lowest BCUT2D eigenvalue weighted by Gasteiger charge is -2.10. The summed E-state index contributed by atoms with van der Waals surface area (Å²) in [5.41, 5.74) is 4.23. The van der Waals surface area contributed by atoms with Gasteiger partial charge in [0.15, 0.2) is 4.80 Å². The Kier molecular flexibility index (Phi) is 6.37. The van der Waals surface area contributed by atoms with Gasteiger partial charge in [-0.05, 0) is 48.2 Å². The molecule has 0 unspecified atom stereocenters. The molecule has 158 valence electrons. The molecule has 0 bridgehead atoms. The number of aromatic nitrogens is 3. The van der Waals surface area contributed by atoms with Gasteiger partial charge in [0.1, 0.15) is 0 Å². The number of nitrogens with zero attached hydrogens (tertiary/aromatic N) is 5. The molecule has 7 nitrogen and oxygen atoms in total. The van der Waals surface area contributed by atoms with E-state index in [0.29, 0.717) is 0 Å². The summed E-state index contributed by atoms with van der Waals surface area (Å²) in [5, 5.41) is 13.1. The Morgan fingerprint density at radius 3 is 2.52 bits per heavy atom. The SMILES string of the molecule is CCc1ccc(N=c2scc(-c3ccc([N+](=O)[O-])cc3)n2CCCn2ccnc2)cc1. The van der Waals surface area contributed by atoms with Gasteiger partial charge in [0, 0.05) is 43.0 Å². The minimum Gasteiger partial charge on any atom is -0.337 e. The zero-order chi connectivity index (χ0) is 21.6. The fourth-order valence-corrected chi connectivity index (χ4v) is 4.32. The first kappa shape index (κ1) is 20.7. The molecule has 2 heterocycles. The molecule has 0 fully saturated rings. The van der Waals surface area contributed by atoms with E-state index in [9.17, 15) is 10.1 Å². The molecule has 0 N–H and O–H groups in total. The van der Waals surface area contributed by atoms with Crippen LogP contribution in [-0.2, 0) is 19.5 Å². The molecule has 0 saturated heterocycles. The Hall–Kier alpha value is -3.52. The molecule has 0 amide bonds. The number of nitro groups is 1. The molecule has 2 aromatic heterocycles. The molecule has 4 rings (SSSR count). The van der Waals surface area contributed by atoms with Crippen LogP contribution < -0.4 is 4.80 Å². The highest BCUT2D eigenvalue weighted by Crippen LogP contribution is 2.24. The standard InChI is InChI=1S/C23H23N5O2S/c1-2-18-4-8-20(9-5-18)25-23-27(14-3-13-26-15-12-24-17-26)22(16-31-23)19-6-10-21(11-7-19)28(29)30/h4-12,15-17H,2-3,13-14H2,1H3. The van der Waals surface area contributed by atoms with Gasteiger partial charge in [-0.25, -0.2) is 9.98 Å². The van der Waals surface area contributed by atoms with Crippen molar-refractivity contribution in [2.75, 3.05) is 0 Å². The van der Waals surface area contributed by atoms with Crippen molar-refractivity contribution in [2.45, 2.75) is 32.9 Å². The van der Waals surface area contributed by atoms with Crippen LogP contribution in [0.3, 0.4) is 0 Å². The molecular weight excluding hydrogens is 410 g/mol. The molecule has 0 radical (unpaired) electrons. The van der Waals surface area contributed by atoms with E-state index < -0.39 is 0 Å². The molecule has 31 heavy (non-hydrogen) atoms. The average Bonchev–Trinajstić information content (AvgIpc) is 3.45. The highest BCUT2D eigenvalue weighted by atomic mass is 32.1. The second kappa shape index (κ2) is 9.53. The van der Waals surface area contributed by atoms with Crippen LogP contribution in [0, 0.1) is 10.1 Å². The van der Waals surface area contributed by atoms with Gasteiger partial charge < -0.3 is 9.13 Å². The molecule has 0 aliphatic rings. The van der Waals surface area contributed by atoms with Gasteiger partial charge >= 0.3 is 0 Å². The Morgan fingerprint density at radius 1 is 1.10 bits per heavy atom. The molecule has 4 aromatic rings. The lowest BCUT2D eigenvalue weighted by atomic mass is 10.1. The number of hydrogen-bond acceptors (Lipinski definition) is 5. The van der Waals surface area contributed by atoms with Gasteiger partial charge in [-0.2, -0.15) is 0 Å². The predicted molar refractivity (Wildman–Crippen MR) is 122 cm³/mol. The van der Waals surface area contributed by atoms with Crippen LogP contribution in [0.5, 0.6) is 0 Å². The summed E-state index contributed by atoms with van der Waals surface area (Å²) in [5.74, 6) is 0. The van der Waals surface area contributed by atoms with Crippen molar-refractivity contribution >= 4 is 22.7 Å². The third-order valence-electron chi connectivity index (χ3n) is 5.10. The zero-order valence-corrected chi connectivity index (χ0v) is 18.0. The van der Waals surface area contributed by atoms with E-state index in [2.05, 4.69) is 38.6 Å². The van der Waals surface area contributed by atoms with Crippen LogP contribution in [0.2, 0.25) is 0 Å². The summed E-state index contributed by atoms with van der Waals surface area (Å²) in [6.07, 6.45) is 7.46. The first-order valence-corrected chi connectivity index (χ1v) is 11.0. The minimum absolute atomic E-state index is 0.0894. The molecule has 0 atom stereocenters. The maximum Gasteiger partial charge on any atom is 0.269 e. The number of aryl methyl sites for hydroxylation is 2. The van der Waals surface area contributed by atoms with E-state index in [1.165, 1.54) is 5.56 Å². The van der Waals surface area contributed by atoms with Crippen LogP contribution in [0.15, 0.2) is 77.6 Å². The van der Waals surface area contributed by atoms with Gasteiger partial charge in [0.25, 0.3) is 5.69 Å². The molecular formula is C23H23N5O2S. The Balaban J connectivity index is 1.68. The predicted octanol–water partition coefficient (Wildman–Crippen LogP) is 5.21. The smallest absolute Gasteiger partial charge is 0.269 e. The first-order chi connectivity index (χ1) is 15.1. The Morgan fingerprint density at radius 2 is 1.87 bits per heavy atom. The van der Waals surface area contributed by atoms with Gasteiger partial charge in [-0.3, -0.25) is 10.1 Å². The van der Waals surface area contributed by atoms with Gasteiger partial charge in [-0.1, -0.05) is 19.1 Å². The highest BCUT2D eigenvalue weighted by molar-refractivity contribution is 7.07. The maximum absolute atomic E-state index is 11.0. The van der Waals surface area contributed by atoms with Crippen molar-refractivity contribution in [3.63, 3.8) is 0 Å². The van der Waals surface area contributed by atoms with Crippen molar-refractivity contribution in [1.29, 1.82) is 0 Å². The lowest BCUT2D eigenvalue weighted by Crippen LogP contribution is -2.17. The number of imidazole rings is 1. The monoisotopic (exact) mass is 433 g/mol. The average molecular weight is 434 g/mol. The van der Waals surface area contributed by atoms with Crippen molar-refractivity contribution in [1.82, 2.24) is 14.1 Å². The van der Waals surface area contributed by atoms with Crippen molar-refractivity contribution in [3.05, 3.63) is 93.1 Å². The number of thiazole rings is 1. The topological polar surface area (TPSA) is 78.2 Å². The molecule has 0 saturated carbocycles. The molecule has 0 spiro atoms. The lowest BCUT2D eigenvalue weighted by molar-refractivity contribution is -0.384. The number of hydrogen-bond donors (Lipinski definition) is 0. The molecule has 0 aliphatic heterocycles. The van der Waals surface area contributed by atoms with E-state index >= 15 is 0 Å². The number of benzene rings is 2. The summed E-state index contributed by atoms with van der Waals surface area (Å²) in [4.78, 5) is 20.5. The Labute approximate surface area is 184 Å². The van der Waals surface area contributed by atoms with E-state index in [1.807, 2.05) is 24.7 Å². The Bertz CT molecular complexity index is 1210. The number of rotatable bonds is 8. The van der Waals surface area contributed by atoms with Crippen LogP contribution >= 0.6 is 11.3 Å². The summed E-state index contributed by atoms with van der Waals surface area (Å²) >= 11 is 1.58. The van der Waals surface area contributed by atoms with Crippen LogP contribution in [0.4, 0.5) is 11.4 Å². The maximum atomic E-state index is 11.0. The normalized spacial score (nSPS) is 11.7. The largest absolute Gasteiger partial charge is 0.337 e. The van der Waals surface area contributed by atoms with Gasteiger partial charge in [0.2, 0.25) is 0 Å². The number of non-ortho nitro benzene ring substituents is 1. The van der Waals surface area contributed by atoms with Crippen LogP contribution in [0.25, 0.3) is 11.3 Å². The van der Waals surface area contributed by atoms with Gasteiger partial charge in [0.05, 0.1) is 22.6 Å². The fraction of sp³-hybridized carbons (Fsp3) is 0.217. The number of nitro benzene ring substituents is 1. The van der Waals surface area contributed by atoms with Gasteiger partial charge in [-0.15, -0.1) is 11.3 Å². The van der Waals surface area contributed by atoms with E-state index in [1.54, 1.807) is 41.8 Å². The quantitative estimate of drug-likeness (QED) is 0.283. The van der Waals surface area contributed by atoms with Crippen molar-refractivity contribution in [2.24, 2.45) is 4.99 Å². The highest BCUT2D eigenvalue weighted by Gasteiger charge is 2.11. The zero-order valence-electron chi connectivity index (χ0n) is 17.2. The first-order valence-electron chi connectivity index (χ1n) is 10.2. The molecule has 2 aromatic carbocycles. The van der Waals surface area contributed by atoms with Crippen molar-refractivity contribution in [3.8, 4) is 11.3 Å². The fourth-order valence-electron chi connectivity index (χ4n) is 3.37. The summed E-state index contributed by atoms with van der Waals surface area (Å²) < 4.78 is 4.25. The van der Waals surface area contributed by atoms with E-state index in [-0.39, 0.29) is 10.6 Å². The third kappa shape index (κ3) is 4.97. The molecule has 0 aliphatic carbocycles. The van der Waals surface area contributed by atoms with Crippen molar-refractivity contribution < 1.29 is 4.92 Å². The molecule has 8 heteroatoms. The summed E-state index contributed by atoms with van der Waals surface area (Å²) in [6.45, 7) is 3.77. The van der Waals surface area contributed by atoms with Crippen LogP contribution in [-0.4, -0.2) is 19.0 Å². The van der Waals surface area contributed by atoms with E-state index in [4.69, 9.17) is 4.99 Å². The second-order valence-corrected chi connectivity index (χ2v) is 7.98. The summed E-state index contributed by atoms with van der Waals surface area (Å²) in [6, 6.07) is 15.0.